The lowest BCUT2D eigenvalue weighted by molar-refractivity contribution is -0.217. The molecule has 1 aliphatic rings. The van der Waals surface area contributed by atoms with Crippen LogP contribution in [0.3, 0.4) is 0 Å². The van der Waals surface area contributed by atoms with Gasteiger partial charge in [-0.2, -0.15) is 13.2 Å². The third-order valence-corrected chi connectivity index (χ3v) is 1.94. The van der Waals surface area contributed by atoms with Gasteiger partial charge in [0, 0.05) is 13.1 Å². The van der Waals surface area contributed by atoms with Gasteiger partial charge < -0.3 is 15.5 Å². The lowest BCUT2D eigenvalue weighted by Crippen LogP contribution is -2.55. The molecule has 0 aromatic rings. The summed E-state index contributed by atoms with van der Waals surface area (Å²) in [7, 11) is 0. The number of hydrogen-bond acceptors (Lipinski definition) is 3. The predicted molar refractivity (Wildman–Crippen MR) is 34.4 cm³/mol. The largest absolute Gasteiger partial charge is 0.395 e. The highest BCUT2D eigenvalue weighted by Gasteiger charge is 2.48. The van der Waals surface area contributed by atoms with Crippen LogP contribution in [0.5, 0.6) is 0 Å². The van der Waals surface area contributed by atoms with Crippen LogP contribution in [0.15, 0.2) is 0 Å². The fourth-order valence-corrected chi connectivity index (χ4v) is 1.21. The summed E-state index contributed by atoms with van der Waals surface area (Å²) in [4.78, 5) is 0. The van der Waals surface area contributed by atoms with Gasteiger partial charge in [-0.1, -0.05) is 0 Å². The van der Waals surface area contributed by atoms with Crippen molar-refractivity contribution in [3.63, 3.8) is 0 Å². The number of halogens is 3. The molecule has 3 nitrogen and oxygen atoms in total. The maximum Gasteiger partial charge on any atom is 0.395 e. The number of aliphatic hydroxyl groups is 2. The molecule has 3 unspecified atom stereocenters. The van der Waals surface area contributed by atoms with Crippen molar-refractivity contribution >= 4 is 0 Å². The monoisotopic (exact) mass is 185 g/mol. The molecule has 3 N–H and O–H groups in total. The number of aliphatic hydroxyl groups excluding tert-OH is 2. The highest BCUT2D eigenvalue weighted by atomic mass is 19.4. The molecule has 6 heteroatoms. The van der Waals surface area contributed by atoms with E-state index in [9.17, 15) is 13.2 Å². The molecule has 0 saturated carbocycles. The first kappa shape index (κ1) is 9.76. The number of hydrogen-bond donors (Lipinski definition) is 3. The Morgan fingerprint density at radius 1 is 1.17 bits per heavy atom. The Balaban J connectivity index is 2.64. The molecule has 1 rings (SSSR count). The summed E-state index contributed by atoms with van der Waals surface area (Å²) in [6.07, 6.45) is -7.48. The Morgan fingerprint density at radius 2 is 1.75 bits per heavy atom. The van der Waals surface area contributed by atoms with Gasteiger partial charge in [0.1, 0.15) is 0 Å². The van der Waals surface area contributed by atoms with Gasteiger partial charge in [0.05, 0.1) is 18.1 Å². The molecule has 3 atom stereocenters. The van der Waals surface area contributed by atoms with Crippen LogP contribution in [0.25, 0.3) is 0 Å². The lowest BCUT2D eigenvalue weighted by atomic mass is 9.93. The molecule has 1 aliphatic heterocycles. The second kappa shape index (κ2) is 3.20. The van der Waals surface area contributed by atoms with Crippen LogP contribution in [0.4, 0.5) is 13.2 Å². The minimum absolute atomic E-state index is 0.00769. The first-order valence-electron chi connectivity index (χ1n) is 3.56. The molecule has 1 saturated heterocycles. The maximum atomic E-state index is 12.1. The van der Waals surface area contributed by atoms with E-state index in [1.165, 1.54) is 0 Å². The van der Waals surface area contributed by atoms with E-state index in [1.807, 2.05) is 0 Å². The summed E-state index contributed by atoms with van der Waals surface area (Å²) in [5, 5.41) is 20.3. The third kappa shape index (κ3) is 1.88. The molecule has 12 heavy (non-hydrogen) atoms. The van der Waals surface area contributed by atoms with E-state index in [-0.39, 0.29) is 13.1 Å². The van der Waals surface area contributed by atoms with Gasteiger partial charge in [-0.15, -0.1) is 0 Å². The molecule has 0 bridgehead atoms. The molecule has 0 aliphatic carbocycles. The Labute approximate surface area is 67.2 Å². The summed E-state index contributed by atoms with van der Waals surface area (Å²) < 4.78 is 36.2. The minimum Gasteiger partial charge on any atom is -0.390 e. The Bertz CT molecular complexity index is 161. The van der Waals surface area contributed by atoms with Crippen LogP contribution in [-0.4, -0.2) is 41.7 Å². The Kier molecular flexibility index (Phi) is 2.60. The Morgan fingerprint density at radius 3 is 2.17 bits per heavy atom. The molecular weight excluding hydrogens is 175 g/mol. The zero-order valence-electron chi connectivity index (χ0n) is 6.17. The number of rotatable bonds is 0. The first-order chi connectivity index (χ1) is 5.43. The number of piperidine rings is 1. The lowest BCUT2D eigenvalue weighted by Gasteiger charge is -2.33. The second-order valence-electron chi connectivity index (χ2n) is 2.86. The summed E-state index contributed by atoms with van der Waals surface area (Å²) in [6, 6.07) is 0. The average molecular weight is 185 g/mol. The molecule has 72 valence electrons. The van der Waals surface area contributed by atoms with Gasteiger partial charge in [-0.05, 0) is 0 Å². The fraction of sp³-hybridized carbons (Fsp3) is 1.00. The van der Waals surface area contributed by atoms with Crippen molar-refractivity contribution in [3.05, 3.63) is 0 Å². The zero-order valence-corrected chi connectivity index (χ0v) is 6.17. The minimum atomic E-state index is -4.45. The third-order valence-electron chi connectivity index (χ3n) is 1.94. The molecule has 1 fully saturated rings. The number of β-amino-alcohol motifs (C(OH)–C–C–N with tert-alkyl or cyclic N) is 1. The fourth-order valence-electron chi connectivity index (χ4n) is 1.21. The van der Waals surface area contributed by atoms with Gasteiger partial charge in [0.2, 0.25) is 0 Å². The second-order valence-corrected chi connectivity index (χ2v) is 2.86. The van der Waals surface area contributed by atoms with Crippen LogP contribution in [-0.2, 0) is 0 Å². The van der Waals surface area contributed by atoms with Crippen molar-refractivity contribution in [1.82, 2.24) is 5.32 Å². The normalized spacial score (nSPS) is 38.2. The highest BCUT2D eigenvalue weighted by Crippen LogP contribution is 2.31. The van der Waals surface area contributed by atoms with Crippen LogP contribution in [0.2, 0.25) is 0 Å². The number of nitrogens with one attached hydrogen (secondary N) is 1. The van der Waals surface area contributed by atoms with Gasteiger partial charge >= 0.3 is 6.18 Å². The topological polar surface area (TPSA) is 52.5 Å². The molecule has 0 aromatic carbocycles. The van der Waals surface area contributed by atoms with Crippen LogP contribution in [0.1, 0.15) is 0 Å². The van der Waals surface area contributed by atoms with E-state index in [2.05, 4.69) is 5.32 Å². The molecule has 0 spiro atoms. The van der Waals surface area contributed by atoms with Crippen molar-refractivity contribution in [2.75, 3.05) is 13.1 Å². The van der Waals surface area contributed by atoms with Crippen LogP contribution >= 0.6 is 0 Å². The average Bonchev–Trinajstić information content (AvgIpc) is 1.92. The van der Waals surface area contributed by atoms with E-state index >= 15 is 0 Å². The quantitative estimate of drug-likeness (QED) is 0.476. The number of alkyl halides is 3. The van der Waals surface area contributed by atoms with Crippen LogP contribution in [0, 0.1) is 5.92 Å². The van der Waals surface area contributed by atoms with Crippen molar-refractivity contribution in [3.8, 4) is 0 Å². The van der Waals surface area contributed by atoms with E-state index < -0.39 is 24.3 Å². The van der Waals surface area contributed by atoms with Gasteiger partial charge in [-0.25, -0.2) is 0 Å². The maximum absolute atomic E-state index is 12.1. The zero-order chi connectivity index (χ0) is 9.35. The van der Waals surface area contributed by atoms with Crippen LogP contribution < -0.4 is 5.32 Å². The predicted octanol–water partition coefficient (Wildman–Crippen LogP) is -0.510. The van der Waals surface area contributed by atoms with Crippen molar-refractivity contribution in [1.29, 1.82) is 0 Å². The summed E-state index contributed by atoms with van der Waals surface area (Å²) in [5.74, 6) is -1.86. The molecular formula is C6H10F3NO2. The smallest absolute Gasteiger partial charge is 0.390 e. The SMILES string of the molecule is OC1CNCC(C(F)(F)F)C1O. The van der Waals surface area contributed by atoms with E-state index in [1.54, 1.807) is 0 Å². The highest BCUT2D eigenvalue weighted by molar-refractivity contribution is 4.88. The van der Waals surface area contributed by atoms with E-state index in [0.717, 1.165) is 0 Å². The standard InChI is InChI=1S/C6H10F3NO2/c7-6(8,9)3-1-10-2-4(11)5(3)12/h3-5,10-12H,1-2H2. The van der Waals surface area contributed by atoms with Crippen molar-refractivity contribution in [2.45, 2.75) is 18.4 Å². The molecule has 0 amide bonds. The molecule has 0 aromatic heterocycles. The van der Waals surface area contributed by atoms with Gasteiger partial charge in [0.15, 0.2) is 0 Å². The Hall–Kier alpha value is -0.330. The van der Waals surface area contributed by atoms with E-state index in [4.69, 9.17) is 10.2 Å². The summed E-state index contributed by atoms with van der Waals surface area (Å²) in [6.45, 7) is -0.324. The van der Waals surface area contributed by atoms with Gasteiger partial charge in [-0.3, -0.25) is 0 Å². The van der Waals surface area contributed by atoms with Crippen molar-refractivity contribution in [2.24, 2.45) is 5.92 Å². The van der Waals surface area contributed by atoms with Crippen molar-refractivity contribution < 1.29 is 23.4 Å². The summed E-state index contributed by atoms with van der Waals surface area (Å²) >= 11 is 0. The molecule has 1 heterocycles. The molecule has 0 radical (unpaired) electrons. The first-order valence-corrected chi connectivity index (χ1v) is 3.56. The summed E-state index contributed by atoms with van der Waals surface area (Å²) in [5.41, 5.74) is 0. The van der Waals surface area contributed by atoms with Gasteiger partial charge in [0.25, 0.3) is 0 Å². The van der Waals surface area contributed by atoms with E-state index in [0.29, 0.717) is 0 Å².